The summed E-state index contributed by atoms with van der Waals surface area (Å²) in [6.45, 7) is 1.37. The summed E-state index contributed by atoms with van der Waals surface area (Å²) in [6.07, 6.45) is 0.502. The lowest BCUT2D eigenvalue weighted by Crippen LogP contribution is -2.43. The van der Waals surface area contributed by atoms with Crippen molar-refractivity contribution in [2.24, 2.45) is 23.5 Å². The van der Waals surface area contributed by atoms with Gasteiger partial charge in [0, 0.05) is 17.6 Å². The molecule has 0 unspecified atom stereocenters. The largest absolute Gasteiger partial charge is 0.511 e. The predicted octanol–water partition coefficient (Wildman–Crippen LogP) is 1.67. The number of hydrogen-bond acceptors (Lipinski definition) is 7. The van der Waals surface area contributed by atoms with Crippen molar-refractivity contribution >= 4 is 23.3 Å². The number of hydrogen-bond donors (Lipinski definition) is 4. The lowest BCUT2D eigenvalue weighted by atomic mass is 9.62. The van der Waals surface area contributed by atoms with Crippen LogP contribution in [0.1, 0.15) is 46.0 Å². The van der Waals surface area contributed by atoms with E-state index in [1.165, 1.54) is 19.1 Å². The van der Waals surface area contributed by atoms with Crippen LogP contribution in [-0.4, -0.2) is 38.6 Å². The van der Waals surface area contributed by atoms with Gasteiger partial charge in [0.05, 0.1) is 11.5 Å². The summed E-state index contributed by atoms with van der Waals surface area (Å²) in [7, 11) is 0. The molecule has 150 valence electrons. The highest BCUT2D eigenvalue weighted by Crippen LogP contribution is 2.49. The SMILES string of the molecule is CC(=O)c1ccc(O)c2c1C[C@H]1C[C@H]3CC(O)=C(C(N)=O)C(=O)[C@H]3C(O)=C1C2=O. The van der Waals surface area contributed by atoms with E-state index >= 15 is 0 Å². The molecule has 8 heteroatoms. The molecule has 0 saturated heterocycles. The fraction of sp³-hybridized carbons (Fsp3) is 0.333. The molecule has 1 amide bonds. The van der Waals surface area contributed by atoms with Gasteiger partial charge in [-0.2, -0.15) is 0 Å². The predicted molar refractivity (Wildman–Crippen MR) is 99.4 cm³/mol. The van der Waals surface area contributed by atoms with Crippen LogP contribution in [-0.2, 0) is 16.0 Å². The number of benzene rings is 1. The van der Waals surface area contributed by atoms with Crippen molar-refractivity contribution in [2.75, 3.05) is 0 Å². The molecule has 0 fully saturated rings. The first-order valence-electron chi connectivity index (χ1n) is 9.23. The molecule has 1 aromatic rings. The summed E-state index contributed by atoms with van der Waals surface area (Å²) < 4.78 is 0. The van der Waals surface area contributed by atoms with Gasteiger partial charge >= 0.3 is 0 Å². The van der Waals surface area contributed by atoms with E-state index in [9.17, 15) is 34.5 Å². The van der Waals surface area contributed by atoms with Gasteiger partial charge in [-0.15, -0.1) is 0 Å². The number of phenols is 1. The van der Waals surface area contributed by atoms with Crippen LogP contribution in [0.2, 0.25) is 0 Å². The zero-order valence-electron chi connectivity index (χ0n) is 15.6. The maximum Gasteiger partial charge on any atom is 0.255 e. The molecule has 4 rings (SSSR count). The quantitative estimate of drug-likeness (QED) is 0.437. The molecule has 0 radical (unpaired) electrons. The Kier molecular flexibility index (Phi) is 4.11. The van der Waals surface area contributed by atoms with E-state index in [1.807, 2.05) is 0 Å². The molecule has 3 atom stereocenters. The average Bonchev–Trinajstić information content (AvgIpc) is 2.60. The summed E-state index contributed by atoms with van der Waals surface area (Å²) >= 11 is 0. The number of aliphatic hydroxyl groups excluding tert-OH is 2. The van der Waals surface area contributed by atoms with Gasteiger partial charge in [0.25, 0.3) is 5.91 Å². The van der Waals surface area contributed by atoms with Crippen molar-refractivity contribution in [3.63, 3.8) is 0 Å². The van der Waals surface area contributed by atoms with E-state index < -0.39 is 52.3 Å². The number of phenolic OH excluding ortho intramolecular Hbond substituents is 1. The molecule has 0 saturated carbocycles. The number of aromatic hydroxyl groups is 1. The standard InChI is InChI=1S/C21H19NO7/c1-7(23)10-2-3-12(24)16-11(10)5-8-4-9-6-13(25)17(21(22)29)20(28)15(9)18(26)14(8)19(16)27/h2-3,8-9,15,24-26H,4-6H2,1H3,(H2,22,29)/t8-,9+,15-/m1/s1. The molecule has 0 bridgehead atoms. The highest BCUT2D eigenvalue weighted by molar-refractivity contribution is 6.22. The maximum absolute atomic E-state index is 13.2. The van der Waals surface area contributed by atoms with Gasteiger partial charge in [0.2, 0.25) is 0 Å². The third-order valence-corrected chi connectivity index (χ3v) is 6.15. The Labute approximate surface area is 165 Å². The van der Waals surface area contributed by atoms with Gasteiger partial charge in [0.1, 0.15) is 22.8 Å². The number of fused-ring (bicyclic) bond motifs is 3. The van der Waals surface area contributed by atoms with E-state index in [4.69, 9.17) is 5.73 Å². The number of aliphatic hydroxyl groups is 2. The number of nitrogens with two attached hydrogens (primary N) is 1. The van der Waals surface area contributed by atoms with Gasteiger partial charge < -0.3 is 21.1 Å². The fourth-order valence-corrected chi connectivity index (χ4v) is 4.97. The first-order chi connectivity index (χ1) is 13.6. The summed E-state index contributed by atoms with van der Waals surface area (Å²) in [5, 5.41) is 31.2. The molecule has 0 aliphatic heterocycles. The van der Waals surface area contributed by atoms with Crippen LogP contribution in [0, 0.1) is 17.8 Å². The lowest BCUT2D eigenvalue weighted by molar-refractivity contribution is -0.126. The van der Waals surface area contributed by atoms with Crippen LogP contribution in [0.25, 0.3) is 0 Å². The van der Waals surface area contributed by atoms with Crippen LogP contribution in [0.4, 0.5) is 0 Å². The number of primary amides is 1. The second kappa shape index (κ2) is 6.30. The van der Waals surface area contributed by atoms with Crippen LogP contribution in [0.15, 0.2) is 34.8 Å². The lowest BCUT2D eigenvalue weighted by Gasteiger charge is -2.41. The number of carbonyl (C=O) groups excluding carboxylic acids is 4. The van der Waals surface area contributed by atoms with Crippen LogP contribution < -0.4 is 5.73 Å². The number of allylic oxidation sites excluding steroid dienone is 3. The minimum Gasteiger partial charge on any atom is -0.511 e. The number of amides is 1. The minimum absolute atomic E-state index is 0.00770. The van der Waals surface area contributed by atoms with Crippen molar-refractivity contribution in [2.45, 2.75) is 26.2 Å². The molecular formula is C21H19NO7. The molecule has 0 heterocycles. The molecule has 5 N–H and O–H groups in total. The van der Waals surface area contributed by atoms with Gasteiger partial charge in [-0.3, -0.25) is 19.2 Å². The Balaban J connectivity index is 1.88. The van der Waals surface area contributed by atoms with E-state index in [1.54, 1.807) is 0 Å². The third-order valence-electron chi connectivity index (χ3n) is 6.15. The molecule has 29 heavy (non-hydrogen) atoms. The Morgan fingerprint density at radius 2 is 1.79 bits per heavy atom. The van der Waals surface area contributed by atoms with Crippen molar-refractivity contribution in [3.05, 3.63) is 51.5 Å². The molecule has 1 aromatic carbocycles. The minimum atomic E-state index is -1.15. The van der Waals surface area contributed by atoms with E-state index in [0.29, 0.717) is 17.5 Å². The smallest absolute Gasteiger partial charge is 0.255 e. The molecule has 3 aliphatic rings. The number of ketones is 3. The summed E-state index contributed by atoms with van der Waals surface area (Å²) in [6, 6.07) is 2.72. The van der Waals surface area contributed by atoms with Crippen LogP contribution >= 0.6 is 0 Å². The second-order valence-corrected chi connectivity index (χ2v) is 7.80. The Hall–Kier alpha value is -3.42. The zero-order valence-corrected chi connectivity index (χ0v) is 15.6. The number of carbonyl (C=O) groups is 4. The topological polar surface area (TPSA) is 155 Å². The van der Waals surface area contributed by atoms with Crippen molar-refractivity contribution in [3.8, 4) is 5.75 Å². The van der Waals surface area contributed by atoms with Crippen LogP contribution in [0.5, 0.6) is 5.75 Å². The molecule has 3 aliphatic carbocycles. The normalized spacial score (nSPS) is 26.0. The van der Waals surface area contributed by atoms with E-state index in [0.717, 1.165) is 0 Å². The van der Waals surface area contributed by atoms with Crippen molar-refractivity contribution in [1.29, 1.82) is 0 Å². The van der Waals surface area contributed by atoms with E-state index in [-0.39, 0.29) is 35.5 Å². The molecular weight excluding hydrogens is 378 g/mol. The second-order valence-electron chi connectivity index (χ2n) is 7.80. The molecule has 0 spiro atoms. The van der Waals surface area contributed by atoms with Gasteiger partial charge in [-0.1, -0.05) is 0 Å². The highest BCUT2D eigenvalue weighted by atomic mass is 16.3. The third kappa shape index (κ3) is 2.59. The summed E-state index contributed by atoms with van der Waals surface area (Å²) in [5.74, 6) is -6.10. The fourth-order valence-electron chi connectivity index (χ4n) is 4.97. The monoisotopic (exact) mass is 397 g/mol. The van der Waals surface area contributed by atoms with Crippen molar-refractivity contribution < 1.29 is 34.5 Å². The van der Waals surface area contributed by atoms with Gasteiger partial charge in [-0.05, 0) is 49.3 Å². The summed E-state index contributed by atoms with van der Waals surface area (Å²) in [4.78, 5) is 49.5. The Morgan fingerprint density at radius 3 is 2.41 bits per heavy atom. The zero-order chi connectivity index (χ0) is 21.2. The van der Waals surface area contributed by atoms with Crippen LogP contribution in [0.3, 0.4) is 0 Å². The molecule has 0 aromatic heterocycles. The van der Waals surface area contributed by atoms with Gasteiger partial charge in [-0.25, -0.2) is 0 Å². The van der Waals surface area contributed by atoms with Crippen molar-refractivity contribution in [1.82, 2.24) is 0 Å². The number of Topliss-reactive ketones (excluding diaryl/α,β-unsaturated/α-hetero) is 3. The maximum atomic E-state index is 13.2. The van der Waals surface area contributed by atoms with E-state index in [2.05, 4.69) is 0 Å². The Bertz CT molecular complexity index is 1080. The average molecular weight is 397 g/mol. The first kappa shape index (κ1) is 18.9. The summed E-state index contributed by atoms with van der Waals surface area (Å²) in [5.41, 5.74) is 5.34. The van der Waals surface area contributed by atoms with Gasteiger partial charge in [0.15, 0.2) is 17.3 Å². The molecule has 8 nitrogen and oxygen atoms in total. The first-order valence-corrected chi connectivity index (χ1v) is 9.23. The Morgan fingerprint density at radius 1 is 1.10 bits per heavy atom. The highest BCUT2D eigenvalue weighted by Gasteiger charge is 2.50. The number of rotatable bonds is 2.